The van der Waals surface area contributed by atoms with Crippen LogP contribution in [0.1, 0.15) is 56.4 Å². The highest BCUT2D eigenvalue weighted by Gasteiger charge is 2.46. The van der Waals surface area contributed by atoms with E-state index < -0.39 is 54.4 Å². The minimum absolute atomic E-state index is 0.0114. The zero-order valence-electron chi connectivity index (χ0n) is 19.8. The molecule has 2 aromatic rings. The summed E-state index contributed by atoms with van der Waals surface area (Å²) in [6.45, 7) is 2.35. The second-order valence-corrected chi connectivity index (χ2v) is 9.79. The Kier molecular flexibility index (Phi) is 8.07. The van der Waals surface area contributed by atoms with Crippen molar-refractivity contribution in [2.24, 2.45) is 5.73 Å². The molecule has 0 spiro atoms. The molecule has 1 aliphatic rings. The molecule has 1 fully saturated rings. The lowest BCUT2D eigenvalue weighted by molar-refractivity contribution is -0.161. The zero-order chi connectivity index (χ0) is 26.9. The normalized spacial score (nSPS) is 18.0. The first kappa shape index (κ1) is 27.9. The van der Waals surface area contributed by atoms with E-state index >= 15 is 0 Å². The Bertz CT molecular complexity index is 1030. The molecule has 1 amide bonds. The minimum Gasteiger partial charge on any atom is -0.382 e. The summed E-state index contributed by atoms with van der Waals surface area (Å²) >= 11 is 0. The lowest BCUT2D eigenvalue weighted by Crippen LogP contribution is -2.55. The average Bonchev–Trinajstić information content (AvgIpc) is 3.51. The maximum Gasteiger partial charge on any atom is 0.407 e. The van der Waals surface area contributed by atoms with Crippen LogP contribution in [0.15, 0.2) is 48.5 Å². The van der Waals surface area contributed by atoms with Crippen LogP contribution in [0, 0.1) is 0 Å². The number of benzene rings is 2. The molecule has 0 aromatic heterocycles. The van der Waals surface area contributed by atoms with Crippen LogP contribution in [0.5, 0.6) is 0 Å². The summed E-state index contributed by atoms with van der Waals surface area (Å²) in [7, 11) is 0. The molecule has 11 heteroatoms. The summed E-state index contributed by atoms with van der Waals surface area (Å²) in [6.07, 6.45) is -9.22. The fourth-order valence-corrected chi connectivity index (χ4v) is 3.77. The van der Waals surface area contributed by atoms with Crippen LogP contribution >= 0.6 is 0 Å². The summed E-state index contributed by atoms with van der Waals surface area (Å²) in [5.41, 5.74) is 3.82. The highest BCUT2D eigenvalue weighted by molar-refractivity contribution is 5.83. The van der Waals surface area contributed by atoms with E-state index in [1.807, 2.05) is 0 Å². The topological polar surface area (TPSA) is 87.4 Å². The Morgan fingerprint density at radius 1 is 0.972 bits per heavy atom. The van der Waals surface area contributed by atoms with Gasteiger partial charge in [-0.3, -0.25) is 10.1 Å². The Hall–Kier alpha value is -2.63. The first-order valence-corrected chi connectivity index (χ1v) is 11.4. The molecule has 3 atom stereocenters. The summed E-state index contributed by atoms with van der Waals surface area (Å²) in [4.78, 5) is 12.7. The van der Waals surface area contributed by atoms with Crippen LogP contribution < -0.4 is 16.4 Å². The van der Waals surface area contributed by atoms with Gasteiger partial charge in [-0.2, -0.15) is 13.2 Å². The van der Waals surface area contributed by atoms with Crippen molar-refractivity contribution in [3.8, 4) is 11.1 Å². The monoisotopic (exact) mass is 517 g/mol. The molecule has 1 aliphatic carbocycles. The second kappa shape index (κ2) is 10.4. The van der Waals surface area contributed by atoms with Crippen LogP contribution in [0.3, 0.4) is 0 Å². The van der Waals surface area contributed by atoms with Gasteiger partial charge in [0.2, 0.25) is 5.91 Å². The van der Waals surface area contributed by atoms with E-state index in [1.165, 1.54) is 62.4 Å². The van der Waals surface area contributed by atoms with Gasteiger partial charge < -0.3 is 16.2 Å². The molecule has 1 saturated carbocycles. The van der Waals surface area contributed by atoms with E-state index in [4.69, 9.17) is 5.73 Å². The van der Waals surface area contributed by atoms with E-state index in [0.717, 1.165) is 0 Å². The predicted molar refractivity (Wildman–Crippen MR) is 123 cm³/mol. The molecular weight excluding hydrogens is 488 g/mol. The minimum atomic E-state index is -4.80. The number of rotatable bonds is 10. The smallest absolute Gasteiger partial charge is 0.382 e. The third-order valence-electron chi connectivity index (χ3n) is 5.93. The molecular formula is C25H29F6N3O2. The van der Waals surface area contributed by atoms with Crippen LogP contribution in [-0.4, -0.2) is 41.0 Å². The number of aliphatic hydroxyl groups is 1. The van der Waals surface area contributed by atoms with Crippen molar-refractivity contribution >= 4 is 5.91 Å². The summed E-state index contributed by atoms with van der Waals surface area (Å²) in [6, 6.07) is 7.10. The van der Waals surface area contributed by atoms with Crippen molar-refractivity contribution < 1.29 is 36.2 Å². The molecule has 2 aromatic carbocycles. The number of nitrogens with two attached hydrogens (primary N) is 1. The first-order valence-electron chi connectivity index (χ1n) is 11.4. The number of amides is 1. The fraction of sp³-hybridized carbons (Fsp3) is 0.480. The maximum atomic E-state index is 14.4. The van der Waals surface area contributed by atoms with Crippen molar-refractivity contribution in [1.82, 2.24) is 10.6 Å². The molecule has 0 radical (unpaired) electrons. The molecule has 5 nitrogen and oxygen atoms in total. The molecule has 3 rings (SSSR count). The van der Waals surface area contributed by atoms with Gasteiger partial charge in [-0.1, -0.05) is 48.5 Å². The van der Waals surface area contributed by atoms with Gasteiger partial charge in [0.05, 0.1) is 11.7 Å². The predicted octanol–water partition coefficient (Wildman–Crippen LogP) is 4.92. The van der Waals surface area contributed by atoms with Gasteiger partial charge in [-0.05, 0) is 48.9 Å². The quantitative estimate of drug-likeness (QED) is 0.266. The number of halogens is 6. The van der Waals surface area contributed by atoms with Gasteiger partial charge in [0, 0.05) is 6.42 Å². The number of aliphatic hydroxyl groups excluding tert-OH is 1. The van der Waals surface area contributed by atoms with E-state index in [-0.39, 0.29) is 11.1 Å². The molecule has 36 heavy (non-hydrogen) atoms. The largest absolute Gasteiger partial charge is 0.407 e. The Morgan fingerprint density at radius 2 is 1.44 bits per heavy atom. The van der Waals surface area contributed by atoms with Crippen LogP contribution in [0.4, 0.5) is 26.3 Å². The molecule has 5 N–H and O–H groups in total. The summed E-state index contributed by atoms with van der Waals surface area (Å²) < 4.78 is 81.8. The van der Waals surface area contributed by atoms with Crippen LogP contribution in [0.2, 0.25) is 0 Å². The number of hydrogen-bond acceptors (Lipinski definition) is 4. The fourth-order valence-electron chi connectivity index (χ4n) is 3.77. The van der Waals surface area contributed by atoms with Gasteiger partial charge in [-0.15, -0.1) is 0 Å². The zero-order valence-corrected chi connectivity index (χ0v) is 19.8. The highest BCUT2D eigenvalue weighted by Crippen LogP contribution is 2.36. The van der Waals surface area contributed by atoms with Crippen molar-refractivity contribution in [2.45, 2.75) is 75.2 Å². The third-order valence-corrected chi connectivity index (χ3v) is 5.93. The lowest BCUT2D eigenvalue weighted by atomic mass is 9.96. The first-order chi connectivity index (χ1) is 16.6. The molecule has 0 bridgehead atoms. The number of hydrogen-bond donors (Lipinski definition) is 4. The maximum absolute atomic E-state index is 14.4. The van der Waals surface area contributed by atoms with E-state index in [0.29, 0.717) is 24.0 Å². The van der Waals surface area contributed by atoms with Crippen molar-refractivity contribution in [2.75, 3.05) is 0 Å². The SMILES string of the molecule is CC(C)(F)C[C@H](N[C@@H](c1ccc(-c2ccc([C@@H](O)C(F)F)cc2)cc1)C(F)(F)F)C(=O)NC1(N)CC1. The van der Waals surface area contributed by atoms with Crippen molar-refractivity contribution in [3.05, 3.63) is 59.7 Å². The molecule has 198 valence electrons. The molecule has 0 saturated heterocycles. The van der Waals surface area contributed by atoms with Gasteiger partial charge in [0.25, 0.3) is 6.43 Å². The molecule has 0 heterocycles. The number of nitrogens with one attached hydrogen (secondary N) is 2. The average molecular weight is 518 g/mol. The number of carbonyl (C=O) groups is 1. The van der Waals surface area contributed by atoms with Crippen LogP contribution in [-0.2, 0) is 4.79 Å². The lowest BCUT2D eigenvalue weighted by Gasteiger charge is -2.30. The van der Waals surface area contributed by atoms with Gasteiger partial charge in [0.15, 0.2) is 0 Å². The van der Waals surface area contributed by atoms with Crippen molar-refractivity contribution in [1.29, 1.82) is 0 Å². The van der Waals surface area contributed by atoms with Crippen LogP contribution in [0.25, 0.3) is 11.1 Å². The Labute approximate surface area is 205 Å². The summed E-state index contributed by atoms with van der Waals surface area (Å²) in [5.74, 6) is -0.808. The Morgan fingerprint density at radius 3 is 1.83 bits per heavy atom. The van der Waals surface area contributed by atoms with Gasteiger partial charge >= 0.3 is 6.18 Å². The van der Waals surface area contributed by atoms with E-state index in [1.54, 1.807) is 0 Å². The Balaban J connectivity index is 1.82. The van der Waals surface area contributed by atoms with Gasteiger partial charge in [0.1, 0.15) is 17.8 Å². The van der Waals surface area contributed by atoms with Crippen molar-refractivity contribution in [3.63, 3.8) is 0 Å². The number of alkyl halides is 6. The van der Waals surface area contributed by atoms with E-state index in [9.17, 15) is 36.2 Å². The standard InChI is InChI=1S/C25H29F6N3O2/c1-23(2,28)13-18(22(36)34-24(32)11-12-24)33-20(25(29,30)31)17-9-5-15(6-10-17)14-3-7-16(8-4-14)19(35)21(26)27/h3-10,18-21,33,35H,11-13,32H2,1-2H3,(H,34,36)/t18-,19+,20-/m0/s1. The summed E-state index contributed by atoms with van der Waals surface area (Å²) in [5, 5.41) is 14.2. The molecule has 0 unspecified atom stereocenters. The second-order valence-electron chi connectivity index (χ2n) is 9.79. The van der Waals surface area contributed by atoms with Gasteiger partial charge in [-0.25, -0.2) is 13.2 Å². The number of carbonyl (C=O) groups excluding carboxylic acids is 1. The molecule has 0 aliphatic heterocycles. The van der Waals surface area contributed by atoms with E-state index in [2.05, 4.69) is 10.6 Å². The third kappa shape index (κ3) is 7.44. The highest BCUT2D eigenvalue weighted by atomic mass is 19.4.